The van der Waals surface area contributed by atoms with Gasteiger partial charge in [0, 0.05) is 5.56 Å². The van der Waals surface area contributed by atoms with Gasteiger partial charge in [-0.2, -0.15) is 11.8 Å². The third kappa shape index (κ3) is 3.94. The zero-order valence-corrected chi connectivity index (χ0v) is 14.4. The van der Waals surface area contributed by atoms with Gasteiger partial charge in [0.2, 0.25) is 0 Å². The van der Waals surface area contributed by atoms with Crippen LogP contribution in [0.2, 0.25) is 0 Å². The van der Waals surface area contributed by atoms with Crippen LogP contribution in [0, 0.1) is 0 Å². The number of ketones is 1. The summed E-state index contributed by atoms with van der Waals surface area (Å²) in [5.41, 5.74) is 0.524. The highest BCUT2D eigenvalue weighted by Crippen LogP contribution is 2.23. The molecule has 5 nitrogen and oxygen atoms in total. The number of hydrogen-bond acceptors (Lipinski definition) is 4. The van der Waals surface area contributed by atoms with Crippen LogP contribution in [0.1, 0.15) is 34.1 Å². The molecule has 126 valence electrons. The Balaban J connectivity index is 2.45. The van der Waals surface area contributed by atoms with E-state index >= 15 is 0 Å². The van der Waals surface area contributed by atoms with Crippen LogP contribution in [-0.2, 0) is 4.79 Å². The van der Waals surface area contributed by atoms with Crippen molar-refractivity contribution in [2.45, 2.75) is 19.4 Å². The predicted molar refractivity (Wildman–Crippen MR) is 95.8 cm³/mol. The zero-order valence-electron chi connectivity index (χ0n) is 13.5. The number of nitrogens with one attached hydrogen (secondary N) is 1. The Kier molecular flexibility index (Phi) is 5.98. The third-order valence-electron chi connectivity index (χ3n) is 3.75. The Labute approximate surface area is 144 Å². The van der Waals surface area contributed by atoms with Gasteiger partial charge in [-0.1, -0.05) is 30.3 Å². The summed E-state index contributed by atoms with van der Waals surface area (Å²) in [5, 5.41) is 13.3. The summed E-state index contributed by atoms with van der Waals surface area (Å²) in [5.74, 6) is -1.23. The lowest BCUT2D eigenvalue weighted by Crippen LogP contribution is -2.41. The maximum absolute atomic E-state index is 12.7. The number of carboxylic acids is 1. The molecule has 0 fully saturated rings. The number of carboxylic acid groups (broad SMARTS) is 1. The Hall–Kier alpha value is -2.34. The highest BCUT2D eigenvalue weighted by molar-refractivity contribution is 7.98. The first-order valence-electron chi connectivity index (χ1n) is 7.51. The first-order valence-corrected chi connectivity index (χ1v) is 8.90. The van der Waals surface area contributed by atoms with Crippen molar-refractivity contribution in [2.24, 2.45) is 0 Å². The van der Waals surface area contributed by atoms with E-state index in [4.69, 9.17) is 0 Å². The predicted octanol–water partition coefficient (Wildman–Crippen LogP) is 2.98. The van der Waals surface area contributed by atoms with Gasteiger partial charge in [0.05, 0.1) is 5.56 Å². The van der Waals surface area contributed by atoms with Crippen LogP contribution in [0.5, 0.6) is 0 Å². The van der Waals surface area contributed by atoms with E-state index in [2.05, 4.69) is 5.32 Å². The normalized spacial score (nSPS) is 11.9. The SMILES string of the molecule is CSCC[C@H](NC(=O)c1c(C(C)=O)ccc2ccccc12)C(=O)O. The molecule has 0 unspecified atom stereocenters. The molecule has 1 amide bonds. The minimum Gasteiger partial charge on any atom is -0.480 e. The van der Waals surface area contributed by atoms with E-state index in [1.807, 2.05) is 18.4 Å². The smallest absolute Gasteiger partial charge is 0.326 e. The molecule has 0 aliphatic carbocycles. The van der Waals surface area contributed by atoms with Gasteiger partial charge in [-0.25, -0.2) is 4.79 Å². The summed E-state index contributed by atoms with van der Waals surface area (Å²) in [6.07, 6.45) is 2.20. The molecule has 0 aromatic heterocycles. The number of rotatable bonds is 7. The number of amides is 1. The lowest BCUT2D eigenvalue weighted by atomic mass is 9.96. The van der Waals surface area contributed by atoms with Crippen molar-refractivity contribution in [3.05, 3.63) is 47.5 Å². The van der Waals surface area contributed by atoms with Crippen LogP contribution in [0.15, 0.2) is 36.4 Å². The van der Waals surface area contributed by atoms with Crippen LogP contribution in [0.25, 0.3) is 10.8 Å². The van der Waals surface area contributed by atoms with Crippen LogP contribution < -0.4 is 5.32 Å². The van der Waals surface area contributed by atoms with E-state index in [0.717, 1.165) is 5.39 Å². The highest BCUT2D eigenvalue weighted by Gasteiger charge is 2.24. The van der Waals surface area contributed by atoms with Crippen molar-refractivity contribution in [3.8, 4) is 0 Å². The molecule has 0 saturated heterocycles. The maximum Gasteiger partial charge on any atom is 0.326 e. The molecular formula is C18H19NO4S. The van der Waals surface area contributed by atoms with Gasteiger partial charge in [0.15, 0.2) is 5.78 Å². The second kappa shape index (κ2) is 7.97. The summed E-state index contributed by atoms with van der Waals surface area (Å²) < 4.78 is 0. The van der Waals surface area contributed by atoms with Crippen molar-refractivity contribution < 1.29 is 19.5 Å². The quantitative estimate of drug-likeness (QED) is 0.754. The number of Topliss-reactive ketones (excluding diaryl/α,β-unsaturated/α-hetero) is 1. The Morgan fingerprint density at radius 2 is 1.88 bits per heavy atom. The summed E-state index contributed by atoms with van der Waals surface area (Å²) in [6.45, 7) is 1.39. The van der Waals surface area contributed by atoms with E-state index < -0.39 is 17.9 Å². The first kappa shape index (κ1) is 18.0. The third-order valence-corrected chi connectivity index (χ3v) is 4.39. The average Bonchev–Trinajstić information content (AvgIpc) is 2.56. The summed E-state index contributed by atoms with van der Waals surface area (Å²) >= 11 is 1.51. The molecule has 0 saturated carbocycles. The first-order chi connectivity index (χ1) is 11.5. The Bertz CT molecular complexity index is 788. The number of fused-ring (bicyclic) bond motifs is 1. The molecule has 0 spiro atoms. The number of thioether (sulfide) groups is 1. The van der Waals surface area contributed by atoms with Crippen LogP contribution >= 0.6 is 11.8 Å². The fraction of sp³-hybridized carbons (Fsp3) is 0.278. The summed E-state index contributed by atoms with van der Waals surface area (Å²) in [4.78, 5) is 36.0. The van der Waals surface area contributed by atoms with E-state index in [1.54, 1.807) is 24.3 Å². The fourth-order valence-electron chi connectivity index (χ4n) is 2.53. The minimum absolute atomic E-state index is 0.232. The second-order valence-electron chi connectivity index (χ2n) is 5.41. The van der Waals surface area contributed by atoms with E-state index in [1.165, 1.54) is 18.7 Å². The molecule has 2 aromatic carbocycles. The highest BCUT2D eigenvalue weighted by atomic mass is 32.2. The van der Waals surface area contributed by atoms with Crippen molar-refractivity contribution in [3.63, 3.8) is 0 Å². The van der Waals surface area contributed by atoms with Gasteiger partial charge in [-0.3, -0.25) is 9.59 Å². The molecule has 1 atom stereocenters. The molecule has 2 aromatic rings. The number of hydrogen-bond donors (Lipinski definition) is 2. The van der Waals surface area contributed by atoms with Crippen molar-refractivity contribution >= 4 is 40.2 Å². The molecule has 0 bridgehead atoms. The molecule has 0 radical (unpaired) electrons. The lowest BCUT2D eigenvalue weighted by molar-refractivity contribution is -0.139. The number of benzene rings is 2. The molecule has 6 heteroatoms. The lowest BCUT2D eigenvalue weighted by Gasteiger charge is -2.16. The van der Waals surface area contributed by atoms with Crippen LogP contribution in [0.4, 0.5) is 0 Å². The van der Waals surface area contributed by atoms with Crippen molar-refractivity contribution in [2.75, 3.05) is 12.0 Å². The maximum atomic E-state index is 12.7. The van der Waals surface area contributed by atoms with Crippen LogP contribution in [-0.4, -0.2) is 40.8 Å². The molecule has 0 aliphatic heterocycles. The van der Waals surface area contributed by atoms with Gasteiger partial charge >= 0.3 is 5.97 Å². The van der Waals surface area contributed by atoms with Crippen molar-refractivity contribution in [1.82, 2.24) is 5.32 Å². The van der Waals surface area contributed by atoms with E-state index in [9.17, 15) is 19.5 Å². The molecule has 2 N–H and O–H groups in total. The number of aliphatic carboxylic acids is 1. The van der Waals surface area contributed by atoms with Gasteiger partial charge in [-0.05, 0) is 42.2 Å². The van der Waals surface area contributed by atoms with Gasteiger partial charge in [0.1, 0.15) is 6.04 Å². The van der Waals surface area contributed by atoms with E-state index in [0.29, 0.717) is 23.1 Å². The Morgan fingerprint density at radius 3 is 2.50 bits per heavy atom. The average molecular weight is 345 g/mol. The van der Waals surface area contributed by atoms with Crippen molar-refractivity contribution in [1.29, 1.82) is 0 Å². The van der Waals surface area contributed by atoms with Gasteiger partial charge in [0.25, 0.3) is 5.91 Å². The van der Waals surface area contributed by atoms with Gasteiger partial charge < -0.3 is 10.4 Å². The standard InChI is InChI=1S/C18H19NO4S/c1-11(20)13-8-7-12-5-3-4-6-14(12)16(13)17(21)19-15(18(22)23)9-10-24-2/h3-8,15H,9-10H2,1-2H3,(H,19,21)(H,22,23)/t15-/m0/s1. The molecule has 24 heavy (non-hydrogen) atoms. The second-order valence-corrected chi connectivity index (χ2v) is 6.40. The summed E-state index contributed by atoms with van der Waals surface area (Å²) in [7, 11) is 0. The number of carbonyl (C=O) groups excluding carboxylic acids is 2. The summed E-state index contributed by atoms with van der Waals surface area (Å²) in [6, 6.07) is 9.64. The molecule has 0 aliphatic rings. The molecular weight excluding hydrogens is 326 g/mol. The fourth-order valence-corrected chi connectivity index (χ4v) is 3.00. The Morgan fingerprint density at radius 1 is 1.17 bits per heavy atom. The molecule has 0 heterocycles. The largest absolute Gasteiger partial charge is 0.480 e. The number of carbonyl (C=O) groups is 3. The van der Waals surface area contributed by atoms with Gasteiger partial charge in [-0.15, -0.1) is 0 Å². The monoisotopic (exact) mass is 345 g/mol. The van der Waals surface area contributed by atoms with Crippen LogP contribution in [0.3, 0.4) is 0 Å². The topological polar surface area (TPSA) is 83.5 Å². The molecule has 2 rings (SSSR count). The minimum atomic E-state index is -1.08. The zero-order chi connectivity index (χ0) is 17.7. The van der Waals surface area contributed by atoms with E-state index in [-0.39, 0.29) is 11.3 Å².